The first-order chi connectivity index (χ1) is 16.6. The number of anilines is 1. The lowest BCUT2D eigenvalue weighted by atomic mass is 9.94. The van der Waals surface area contributed by atoms with Crippen molar-refractivity contribution in [3.63, 3.8) is 0 Å². The van der Waals surface area contributed by atoms with Crippen molar-refractivity contribution in [2.24, 2.45) is 0 Å². The minimum atomic E-state index is 0.104. The van der Waals surface area contributed by atoms with Gasteiger partial charge in [0.15, 0.2) is 0 Å². The third-order valence-electron chi connectivity index (χ3n) is 7.58. The number of unbranched alkanes of at least 4 members (excludes halogenated alkanes) is 1. The van der Waals surface area contributed by atoms with Gasteiger partial charge in [0, 0.05) is 62.3 Å². The molecule has 2 fully saturated rings. The molecule has 0 unspecified atom stereocenters. The van der Waals surface area contributed by atoms with Crippen molar-refractivity contribution < 1.29 is 0 Å². The number of pyridine rings is 1. The summed E-state index contributed by atoms with van der Waals surface area (Å²) in [5, 5.41) is 6.10. The van der Waals surface area contributed by atoms with Crippen molar-refractivity contribution in [3.8, 4) is 0 Å². The van der Waals surface area contributed by atoms with Gasteiger partial charge >= 0.3 is 0 Å². The van der Waals surface area contributed by atoms with E-state index in [1.165, 1.54) is 24.8 Å². The molecule has 1 saturated heterocycles. The molecule has 2 aromatic heterocycles. The van der Waals surface area contributed by atoms with Gasteiger partial charge in [-0.25, -0.2) is 4.98 Å². The maximum Gasteiger partial charge on any atom is 0.260 e. The summed E-state index contributed by atoms with van der Waals surface area (Å²) in [4.78, 5) is 28.3. The van der Waals surface area contributed by atoms with Crippen LogP contribution in [0, 0.1) is 0 Å². The zero-order chi connectivity index (χ0) is 23.5. The minimum Gasteiger partial charge on any atom is -0.354 e. The Morgan fingerprint density at radius 3 is 2.59 bits per heavy atom. The molecule has 1 saturated carbocycles. The van der Waals surface area contributed by atoms with E-state index in [-0.39, 0.29) is 11.6 Å². The largest absolute Gasteiger partial charge is 0.354 e. The van der Waals surface area contributed by atoms with Gasteiger partial charge in [0.1, 0.15) is 5.65 Å². The molecule has 1 N–H and O–H groups in total. The highest BCUT2D eigenvalue weighted by atomic mass is 16.1. The van der Waals surface area contributed by atoms with E-state index >= 15 is 0 Å². The molecular weight excluding hydrogens is 424 g/mol. The van der Waals surface area contributed by atoms with Crippen molar-refractivity contribution in [1.82, 2.24) is 24.3 Å². The second-order valence-corrected chi connectivity index (χ2v) is 10.1. The topological polar surface area (TPSA) is 66.3 Å². The lowest BCUT2D eigenvalue weighted by molar-refractivity contribution is 0.148. The minimum absolute atomic E-state index is 0.104. The number of rotatable bonds is 7. The standard InChI is InChI=1S/C27H38N6O/c1-3-4-12-28-27-29-18-24-22-11-10-20(19-32-15-13-31(2)14-16-32)17-23(22)26(34)33(25(24)30-27)21-8-6-5-7-9-21/h10-11,17-18,21H,3-9,12-16,19H2,1-2H3,(H,28,29,30). The van der Waals surface area contributed by atoms with E-state index in [4.69, 9.17) is 4.98 Å². The van der Waals surface area contributed by atoms with E-state index < -0.39 is 0 Å². The molecule has 7 heteroatoms. The zero-order valence-corrected chi connectivity index (χ0v) is 20.7. The first kappa shape index (κ1) is 23.2. The summed E-state index contributed by atoms with van der Waals surface area (Å²) in [5.74, 6) is 0.621. The number of hydrogen-bond donors (Lipinski definition) is 1. The quantitative estimate of drug-likeness (QED) is 0.414. The predicted octanol–water partition coefficient (Wildman–Crippen LogP) is 4.41. The molecule has 5 rings (SSSR count). The van der Waals surface area contributed by atoms with Crippen LogP contribution in [0.1, 0.15) is 63.5 Å². The van der Waals surface area contributed by atoms with E-state index in [0.29, 0.717) is 5.95 Å². The highest BCUT2D eigenvalue weighted by Gasteiger charge is 2.23. The average Bonchev–Trinajstić information content (AvgIpc) is 2.86. The normalized spacial score (nSPS) is 18.6. The molecule has 34 heavy (non-hydrogen) atoms. The van der Waals surface area contributed by atoms with Crippen molar-refractivity contribution in [1.29, 1.82) is 0 Å². The van der Waals surface area contributed by atoms with Crippen molar-refractivity contribution in [3.05, 3.63) is 40.3 Å². The van der Waals surface area contributed by atoms with E-state index in [9.17, 15) is 4.79 Å². The Kier molecular flexibility index (Phi) is 7.11. The zero-order valence-electron chi connectivity index (χ0n) is 20.7. The van der Waals surface area contributed by atoms with Gasteiger partial charge < -0.3 is 10.2 Å². The Hall–Kier alpha value is -2.51. The molecule has 3 aromatic rings. The fourth-order valence-corrected chi connectivity index (χ4v) is 5.48. The van der Waals surface area contributed by atoms with Gasteiger partial charge in [-0.1, -0.05) is 44.7 Å². The van der Waals surface area contributed by atoms with Gasteiger partial charge in [0.25, 0.3) is 5.56 Å². The summed E-state index contributed by atoms with van der Waals surface area (Å²) in [5.41, 5.74) is 2.10. The van der Waals surface area contributed by atoms with Gasteiger partial charge in [0.2, 0.25) is 5.95 Å². The number of fused-ring (bicyclic) bond motifs is 3. The molecule has 1 aliphatic carbocycles. The fraction of sp³-hybridized carbons (Fsp3) is 0.593. The highest BCUT2D eigenvalue weighted by Crippen LogP contribution is 2.32. The number of piperazine rings is 1. The molecule has 0 atom stereocenters. The molecule has 0 bridgehead atoms. The van der Waals surface area contributed by atoms with E-state index in [2.05, 4.69) is 52.3 Å². The van der Waals surface area contributed by atoms with Crippen molar-refractivity contribution >= 4 is 27.8 Å². The summed E-state index contributed by atoms with van der Waals surface area (Å²) in [6, 6.07) is 6.64. The van der Waals surface area contributed by atoms with Gasteiger partial charge in [-0.15, -0.1) is 0 Å². The number of nitrogens with zero attached hydrogens (tertiary/aromatic N) is 5. The van der Waals surface area contributed by atoms with Crippen LogP contribution >= 0.6 is 0 Å². The van der Waals surface area contributed by atoms with Gasteiger partial charge in [-0.3, -0.25) is 14.3 Å². The third kappa shape index (κ3) is 4.82. The number of aromatic nitrogens is 3. The monoisotopic (exact) mass is 462 g/mol. The Labute approximate surface area is 202 Å². The van der Waals surface area contributed by atoms with E-state index in [1.807, 2.05) is 10.8 Å². The Bertz CT molecular complexity index is 1190. The molecule has 1 aromatic carbocycles. The van der Waals surface area contributed by atoms with Crippen LogP contribution in [0.2, 0.25) is 0 Å². The van der Waals surface area contributed by atoms with Crippen LogP contribution in [0.4, 0.5) is 5.95 Å². The molecule has 1 aliphatic heterocycles. The SMILES string of the molecule is CCCCNc1ncc2c3ccc(CN4CCN(C)CC4)cc3c(=O)n(C3CCCCC3)c2n1. The Balaban J connectivity index is 1.58. The number of likely N-dealkylation sites (N-methyl/N-ethyl adjacent to an activating group) is 1. The van der Waals surface area contributed by atoms with E-state index in [1.54, 1.807) is 0 Å². The van der Waals surface area contributed by atoms with Crippen LogP contribution in [0.15, 0.2) is 29.2 Å². The second-order valence-electron chi connectivity index (χ2n) is 10.1. The highest BCUT2D eigenvalue weighted by molar-refractivity contribution is 6.04. The molecule has 0 amide bonds. The maximum atomic E-state index is 14.0. The first-order valence-corrected chi connectivity index (χ1v) is 13.1. The molecule has 7 nitrogen and oxygen atoms in total. The van der Waals surface area contributed by atoms with Gasteiger partial charge in [0.05, 0.1) is 0 Å². The number of nitrogens with one attached hydrogen (secondary N) is 1. The van der Waals surface area contributed by atoms with Crippen LogP contribution in [0.3, 0.4) is 0 Å². The third-order valence-corrected chi connectivity index (χ3v) is 7.58. The maximum absolute atomic E-state index is 14.0. The van der Waals surface area contributed by atoms with Crippen LogP contribution < -0.4 is 10.9 Å². The fourth-order valence-electron chi connectivity index (χ4n) is 5.48. The number of hydrogen-bond acceptors (Lipinski definition) is 6. The molecular formula is C27H38N6O. The summed E-state index contributed by atoms with van der Waals surface area (Å²) >= 11 is 0. The summed E-state index contributed by atoms with van der Waals surface area (Å²) in [6.07, 6.45) is 9.80. The Morgan fingerprint density at radius 1 is 1.03 bits per heavy atom. The van der Waals surface area contributed by atoms with Crippen LogP contribution in [-0.2, 0) is 6.54 Å². The average molecular weight is 463 g/mol. The lowest BCUT2D eigenvalue weighted by Crippen LogP contribution is -2.43. The second kappa shape index (κ2) is 10.4. The number of benzene rings is 1. The molecule has 0 radical (unpaired) electrons. The van der Waals surface area contributed by atoms with Crippen LogP contribution in [-0.4, -0.2) is 64.1 Å². The van der Waals surface area contributed by atoms with Gasteiger partial charge in [-0.2, -0.15) is 4.98 Å². The smallest absolute Gasteiger partial charge is 0.260 e. The summed E-state index contributed by atoms with van der Waals surface area (Å²) in [6.45, 7) is 8.24. The molecule has 3 heterocycles. The first-order valence-electron chi connectivity index (χ1n) is 13.1. The van der Waals surface area contributed by atoms with Gasteiger partial charge in [-0.05, 0) is 43.3 Å². The lowest BCUT2D eigenvalue weighted by Gasteiger charge is -2.32. The van der Waals surface area contributed by atoms with Crippen LogP contribution in [0.25, 0.3) is 21.8 Å². The molecule has 182 valence electrons. The van der Waals surface area contributed by atoms with Crippen LogP contribution in [0.5, 0.6) is 0 Å². The Morgan fingerprint density at radius 2 is 1.82 bits per heavy atom. The summed E-state index contributed by atoms with van der Waals surface area (Å²) in [7, 11) is 2.18. The van der Waals surface area contributed by atoms with E-state index in [0.717, 1.165) is 86.8 Å². The predicted molar refractivity (Wildman–Crippen MR) is 140 cm³/mol. The van der Waals surface area contributed by atoms with Crippen molar-refractivity contribution in [2.45, 2.75) is 64.5 Å². The molecule has 2 aliphatic rings. The molecule has 0 spiro atoms. The van der Waals surface area contributed by atoms with Crippen molar-refractivity contribution in [2.75, 3.05) is 45.1 Å². The summed E-state index contributed by atoms with van der Waals surface area (Å²) < 4.78 is 2.00.